The Labute approximate surface area is 201 Å². The van der Waals surface area contributed by atoms with Crippen molar-refractivity contribution in [2.24, 2.45) is 0 Å². The zero-order valence-corrected chi connectivity index (χ0v) is 19.2. The highest BCUT2D eigenvalue weighted by Crippen LogP contribution is 2.32. The minimum Gasteiger partial charge on any atom is -0.399 e. The number of aromatic amines is 1. The third-order valence-corrected chi connectivity index (χ3v) is 6.15. The van der Waals surface area contributed by atoms with Crippen molar-refractivity contribution in [1.82, 2.24) is 19.7 Å². The van der Waals surface area contributed by atoms with E-state index in [1.807, 2.05) is 6.92 Å². The molecule has 2 amide bonds. The van der Waals surface area contributed by atoms with E-state index in [9.17, 15) is 14.0 Å². The average molecular weight is 473 g/mol. The number of hydrogen-bond donors (Lipinski definition) is 3. The number of rotatable bonds is 5. The quantitative estimate of drug-likeness (QED) is 0.382. The average Bonchev–Trinajstić information content (AvgIpc) is 3.50. The van der Waals surface area contributed by atoms with Crippen LogP contribution in [-0.4, -0.2) is 38.0 Å². The lowest BCUT2D eigenvalue weighted by Gasteiger charge is -2.32. The fourth-order valence-corrected chi connectivity index (χ4v) is 4.50. The lowest BCUT2D eigenvalue weighted by molar-refractivity contribution is 0.0711. The van der Waals surface area contributed by atoms with Gasteiger partial charge in [-0.3, -0.25) is 14.3 Å². The number of halogens is 1. The molecule has 0 saturated carbocycles. The first-order valence-electron chi connectivity index (χ1n) is 11.3. The second kappa shape index (κ2) is 9.09. The number of amides is 2. The van der Waals surface area contributed by atoms with Crippen molar-refractivity contribution in [3.8, 4) is 0 Å². The summed E-state index contributed by atoms with van der Waals surface area (Å²) in [5.74, 6) is -0.885. The van der Waals surface area contributed by atoms with Gasteiger partial charge in [0.15, 0.2) is 5.69 Å². The van der Waals surface area contributed by atoms with Crippen molar-refractivity contribution in [2.45, 2.75) is 25.9 Å². The van der Waals surface area contributed by atoms with Crippen LogP contribution in [0.2, 0.25) is 0 Å². The Kier molecular flexibility index (Phi) is 5.82. The SMILES string of the molecule is CC1CN(C(=O)c2ccc[nH]2)Cc2c(C(=O)Nc3ccc(N)cc3)nn(Cc3ccc(F)cc3)c21. The van der Waals surface area contributed by atoms with E-state index >= 15 is 0 Å². The number of carbonyl (C=O) groups excluding carboxylic acids is 2. The first-order valence-corrected chi connectivity index (χ1v) is 11.3. The zero-order chi connectivity index (χ0) is 24.5. The van der Waals surface area contributed by atoms with Crippen LogP contribution in [0.25, 0.3) is 0 Å². The molecule has 1 aliphatic heterocycles. The predicted molar refractivity (Wildman–Crippen MR) is 130 cm³/mol. The van der Waals surface area contributed by atoms with Crippen LogP contribution in [0.4, 0.5) is 15.8 Å². The van der Waals surface area contributed by atoms with Crippen LogP contribution in [0, 0.1) is 5.82 Å². The van der Waals surface area contributed by atoms with E-state index in [1.54, 1.807) is 64.3 Å². The number of anilines is 2. The molecule has 1 unspecified atom stereocenters. The lowest BCUT2D eigenvalue weighted by Crippen LogP contribution is -2.38. The fourth-order valence-electron chi connectivity index (χ4n) is 4.50. The molecule has 8 nitrogen and oxygen atoms in total. The van der Waals surface area contributed by atoms with E-state index in [2.05, 4.69) is 15.4 Å². The van der Waals surface area contributed by atoms with Gasteiger partial charge in [0.1, 0.15) is 11.5 Å². The van der Waals surface area contributed by atoms with E-state index in [-0.39, 0.29) is 35.8 Å². The van der Waals surface area contributed by atoms with E-state index in [0.29, 0.717) is 35.7 Å². The summed E-state index contributed by atoms with van der Waals surface area (Å²) in [6.07, 6.45) is 1.71. The lowest BCUT2D eigenvalue weighted by atomic mass is 9.95. The third kappa shape index (κ3) is 4.52. The van der Waals surface area contributed by atoms with Crippen LogP contribution >= 0.6 is 0 Å². The summed E-state index contributed by atoms with van der Waals surface area (Å²) in [5, 5.41) is 7.55. The second-order valence-electron chi connectivity index (χ2n) is 8.74. The van der Waals surface area contributed by atoms with Crippen LogP contribution in [0.1, 0.15) is 50.6 Å². The Hall–Kier alpha value is -4.40. The number of aromatic nitrogens is 3. The number of nitrogen functional groups attached to an aromatic ring is 1. The summed E-state index contributed by atoms with van der Waals surface area (Å²) in [6, 6.07) is 16.6. The smallest absolute Gasteiger partial charge is 0.276 e. The zero-order valence-electron chi connectivity index (χ0n) is 19.2. The molecule has 0 aliphatic carbocycles. The topological polar surface area (TPSA) is 109 Å². The van der Waals surface area contributed by atoms with Gasteiger partial charge in [-0.1, -0.05) is 19.1 Å². The molecule has 0 radical (unpaired) electrons. The summed E-state index contributed by atoms with van der Waals surface area (Å²) in [6.45, 7) is 3.13. The predicted octanol–water partition coefficient (Wildman–Crippen LogP) is 3.99. The molecule has 4 aromatic rings. The molecule has 0 saturated heterocycles. The maximum absolute atomic E-state index is 13.4. The molecule has 4 N–H and O–H groups in total. The van der Waals surface area contributed by atoms with Crippen LogP contribution in [0.15, 0.2) is 66.9 Å². The second-order valence-corrected chi connectivity index (χ2v) is 8.74. The van der Waals surface area contributed by atoms with Gasteiger partial charge in [-0.15, -0.1) is 0 Å². The summed E-state index contributed by atoms with van der Waals surface area (Å²) >= 11 is 0. The van der Waals surface area contributed by atoms with Gasteiger partial charge in [-0.2, -0.15) is 5.10 Å². The first-order chi connectivity index (χ1) is 16.9. The Bertz CT molecular complexity index is 1360. The van der Waals surface area contributed by atoms with Gasteiger partial charge in [0.05, 0.1) is 13.1 Å². The Morgan fingerprint density at radius 2 is 1.89 bits per heavy atom. The van der Waals surface area contributed by atoms with Crippen LogP contribution in [0.5, 0.6) is 0 Å². The molecular weight excluding hydrogens is 447 g/mol. The van der Waals surface area contributed by atoms with Crippen molar-refractivity contribution in [3.05, 3.63) is 101 Å². The van der Waals surface area contributed by atoms with Crippen LogP contribution in [-0.2, 0) is 13.1 Å². The molecule has 0 fully saturated rings. The number of H-pyrrole nitrogens is 1. The van der Waals surface area contributed by atoms with E-state index in [4.69, 9.17) is 5.73 Å². The highest BCUT2D eigenvalue weighted by atomic mass is 19.1. The summed E-state index contributed by atoms with van der Waals surface area (Å²) in [7, 11) is 0. The minimum absolute atomic E-state index is 0.0660. The van der Waals surface area contributed by atoms with Crippen molar-refractivity contribution in [3.63, 3.8) is 0 Å². The van der Waals surface area contributed by atoms with Gasteiger partial charge >= 0.3 is 0 Å². The first kappa shape index (κ1) is 22.4. The van der Waals surface area contributed by atoms with Gasteiger partial charge in [0.2, 0.25) is 0 Å². The van der Waals surface area contributed by atoms with Gasteiger partial charge in [-0.25, -0.2) is 4.39 Å². The van der Waals surface area contributed by atoms with E-state index in [0.717, 1.165) is 11.3 Å². The van der Waals surface area contributed by atoms with Gasteiger partial charge in [0, 0.05) is 41.3 Å². The minimum atomic E-state index is -0.370. The van der Waals surface area contributed by atoms with E-state index in [1.165, 1.54) is 12.1 Å². The van der Waals surface area contributed by atoms with Crippen molar-refractivity contribution in [2.75, 3.05) is 17.6 Å². The van der Waals surface area contributed by atoms with Crippen LogP contribution in [0.3, 0.4) is 0 Å². The molecule has 35 heavy (non-hydrogen) atoms. The molecule has 1 atom stereocenters. The Morgan fingerprint density at radius 1 is 1.14 bits per heavy atom. The van der Waals surface area contributed by atoms with Gasteiger partial charge in [-0.05, 0) is 54.1 Å². The Balaban J connectivity index is 1.51. The maximum Gasteiger partial charge on any atom is 0.276 e. The monoisotopic (exact) mass is 472 g/mol. The number of hydrogen-bond acceptors (Lipinski definition) is 4. The molecule has 2 aromatic carbocycles. The molecule has 3 heterocycles. The molecule has 178 valence electrons. The van der Waals surface area contributed by atoms with Crippen molar-refractivity contribution >= 4 is 23.2 Å². The number of benzene rings is 2. The molecule has 1 aliphatic rings. The van der Waals surface area contributed by atoms with Crippen LogP contribution < -0.4 is 11.1 Å². The van der Waals surface area contributed by atoms with Gasteiger partial charge < -0.3 is 20.9 Å². The van der Waals surface area contributed by atoms with E-state index < -0.39 is 0 Å². The maximum atomic E-state index is 13.4. The molecule has 9 heteroatoms. The number of nitrogens with two attached hydrogens (primary N) is 1. The molecule has 0 spiro atoms. The highest BCUT2D eigenvalue weighted by Gasteiger charge is 2.34. The molecular formula is C26H25FN6O2. The van der Waals surface area contributed by atoms with Crippen molar-refractivity contribution < 1.29 is 14.0 Å². The Morgan fingerprint density at radius 3 is 2.57 bits per heavy atom. The van der Waals surface area contributed by atoms with Gasteiger partial charge in [0.25, 0.3) is 11.8 Å². The molecule has 0 bridgehead atoms. The van der Waals surface area contributed by atoms with Crippen molar-refractivity contribution in [1.29, 1.82) is 0 Å². The highest BCUT2D eigenvalue weighted by molar-refractivity contribution is 6.04. The third-order valence-electron chi connectivity index (χ3n) is 6.15. The largest absolute Gasteiger partial charge is 0.399 e. The normalized spacial score (nSPS) is 15.0. The summed E-state index contributed by atoms with van der Waals surface area (Å²) in [4.78, 5) is 31.1. The molecule has 2 aromatic heterocycles. The summed E-state index contributed by atoms with van der Waals surface area (Å²) < 4.78 is 15.2. The number of nitrogens with one attached hydrogen (secondary N) is 2. The molecule has 5 rings (SSSR count). The number of carbonyl (C=O) groups is 2. The number of nitrogens with zero attached hydrogens (tertiary/aromatic N) is 3. The summed E-state index contributed by atoms with van der Waals surface area (Å²) in [5.41, 5.74) is 10.2. The number of fused-ring (bicyclic) bond motifs is 1. The standard InChI is InChI=1S/C26H25FN6O2/c1-16-13-32(26(35)22-3-2-12-29-22)15-21-23(25(34)30-20-10-8-19(28)9-11-20)31-33(24(16)21)14-17-4-6-18(27)7-5-17/h2-12,16,29H,13-15,28H2,1H3,(H,30,34). The fraction of sp³-hybridized carbons (Fsp3) is 0.192.